The number of carbonyl (C=O) groups excluding carboxylic acids is 1. The van der Waals surface area contributed by atoms with Crippen LogP contribution in [0.25, 0.3) is 5.69 Å². The zero-order chi connectivity index (χ0) is 17.8. The summed E-state index contributed by atoms with van der Waals surface area (Å²) in [6.07, 6.45) is 2.82. The maximum atomic E-state index is 12.8. The van der Waals surface area contributed by atoms with Gasteiger partial charge in [0.05, 0.1) is 13.7 Å². The Morgan fingerprint density at radius 3 is 2.96 bits per heavy atom. The highest BCUT2D eigenvalue weighted by Crippen LogP contribution is 2.24. The summed E-state index contributed by atoms with van der Waals surface area (Å²) in [5.74, 6) is 1.10. The lowest BCUT2D eigenvalue weighted by Gasteiger charge is -2.22. The van der Waals surface area contributed by atoms with Crippen molar-refractivity contribution < 1.29 is 14.3 Å². The monoisotopic (exact) mass is 343 g/mol. The van der Waals surface area contributed by atoms with Crippen molar-refractivity contribution in [2.24, 2.45) is 5.92 Å². The zero-order valence-electron chi connectivity index (χ0n) is 15.1. The van der Waals surface area contributed by atoms with Crippen molar-refractivity contribution in [2.45, 2.75) is 20.3 Å². The van der Waals surface area contributed by atoms with E-state index in [0.29, 0.717) is 18.2 Å². The molecule has 1 saturated heterocycles. The molecule has 0 bridgehead atoms. The molecule has 6 nitrogen and oxygen atoms in total. The highest BCUT2D eigenvalue weighted by molar-refractivity contribution is 5.92. The minimum absolute atomic E-state index is 0.0419. The summed E-state index contributed by atoms with van der Waals surface area (Å²) >= 11 is 0. The quantitative estimate of drug-likeness (QED) is 0.809. The highest BCUT2D eigenvalue weighted by Gasteiger charge is 2.24. The molecule has 0 radical (unpaired) electrons. The number of hydrogen-bond donors (Lipinski definition) is 0. The molecule has 134 valence electrons. The van der Waals surface area contributed by atoms with Gasteiger partial charge in [0.2, 0.25) is 0 Å². The number of ether oxygens (including phenoxy) is 2. The molecule has 2 aromatic rings. The summed E-state index contributed by atoms with van der Waals surface area (Å²) in [5.41, 5.74) is 2.38. The van der Waals surface area contributed by atoms with E-state index >= 15 is 0 Å². The number of nitrogens with zero attached hydrogens (tertiary/aromatic N) is 3. The normalized spacial score (nSPS) is 16.8. The third-order valence-electron chi connectivity index (χ3n) is 4.56. The van der Waals surface area contributed by atoms with Gasteiger partial charge in [0.25, 0.3) is 5.91 Å². The summed E-state index contributed by atoms with van der Waals surface area (Å²) in [4.78, 5) is 14.7. The van der Waals surface area contributed by atoms with Crippen LogP contribution in [0, 0.1) is 12.8 Å². The van der Waals surface area contributed by atoms with Crippen LogP contribution in [0.3, 0.4) is 0 Å². The van der Waals surface area contributed by atoms with E-state index in [9.17, 15) is 4.79 Å². The van der Waals surface area contributed by atoms with Crippen molar-refractivity contribution >= 4 is 5.91 Å². The number of methoxy groups -OCH3 is 1. The molecule has 0 aliphatic carbocycles. The van der Waals surface area contributed by atoms with Crippen LogP contribution in [-0.4, -0.2) is 54.0 Å². The van der Waals surface area contributed by atoms with Gasteiger partial charge in [-0.15, -0.1) is 0 Å². The summed E-state index contributed by atoms with van der Waals surface area (Å²) < 4.78 is 12.5. The molecular weight excluding hydrogens is 318 g/mol. The van der Waals surface area contributed by atoms with Crippen LogP contribution in [-0.2, 0) is 4.74 Å². The molecule has 1 atom stereocenters. The lowest BCUT2D eigenvalue weighted by Crippen LogP contribution is -2.35. The second kappa shape index (κ2) is 7.70. The number of aromatic nitrogens is 2. The molecule has 1 aliphatic rings. The maximum Gasteiger partial charge on any atom is 0.274 e. The van der Waals surface area contributed by atoms with Gasteiger partial charge in [-0.25, -0.2) is 4.68 Å². The average molecular weight is 343 g/mol. The van der Waals surface area contributed by atoms with Gasteiger partial charge in [-0.05, 0) is 44.0 Å². The van der Waals surface area contributed by atoms with Crippen LogP contribution in [0.15, 0.2) is 30.5 Å². The lowest BCUT2D eigenvalue weighted by molar-refractivity contribution is 0.0724. The summed E-state index contributed by atoms with van der Waals surface area (Å²) in [6, 6.07) is 7.65. The molecule has 0 saturated carbocycles. The number of benzene rings is 1. The number of hydrogen-bond acceptors (Lipinski definition) is 4. The van der Waals surface area contributed by atoms with E-state index in [1.54, 1.807) is 24.1 Å². The zero-order valence-corrected chi connectivity index (χ0v) is 15.1. The van der Waals surface area contributed by atoms with E-state index < -0.39 is 0 Å². The first-order chi connectivity index (χ1) is 12.1. The molecular formula is C19H25N3O3. The van der Waals surface area contributed by atoms with Crippen LogP contribution in [0.4, 0.5) is 0 Å². The molecule has 1 aromatic carbocycles. The van der Waals surface area contributed by atoms with Crippen molar-refractivity contribution in [1.29, 1.82) is 0 Å². The Bertz CT molecular complexity index is 735. The van der Waals surface area contributed by atoms with Gasteiger partial charge in [-0.1, -0.05) is 6.07 Å². The predicted octanol–water partition coefficient (Wildman–Crippen LogP) is 2.69. The highest BCUT2D eigenvalue weighted by atomic mass is 16.5. The molecule has 2 heterocycles. The van der Waals surface area contributed by atoms with Crippen molar-refractivity contribution in [1.82, 2.24) is 14.7 Å². The van der Waals surface area contributed by atoms with Gasteiger partial charge in [0.15, 0.2) is 5.69 Å². The third-order valence-corrected chi connectivity index (χ3v) is 4.56. The molecule has 0 spiro atoms. The second-order valence-corrected chi connectivity index (χ2v) is 6.39. The largest absolute Gasteiger partial charge is 0.494 e. The summed E-state index contributed by atoms with van der Waals surface area (Å²) in [7, 11) is 1.63. The third kappa shape index (κ3) is 3.85. The molecule has 1 aromatic heterocycles. The number of carbonyl (C=O) groups is 1. The SMILES string of the molecule is CCN(C[C@H]1CCOC1)C(=O)c1ccn(-c2cc(C)ccc2OC)n1. The fourth-order valence-corrected chi connectivity index (χ4v) is 3.11. The standard InChI is InChI=1S/C19H25N3O3/c1-4-21(12-15-8-10-25-13-15)19(23)16-7-9-22(20-16)17-11-14(2)5-6-18(17)24-3/h5-7,9,11,15H,4,8,10,12-13H2,1-3H3/t15-/m1/s1. The molecule has 1 aliphatic heterocycles. The van der Waals surface area contributed by atoms with Gasteiger partial charge >= 0.3 is 0 Å². The van der Waals surface area contributed by atoms with Crippen molar-refractivity contribution in [3.8, 4) is 11.4 Å². The van der Waals surface area contributed by atoms with Crippen LogP contribution >= 0.6 is 0 Å². The Morgan fingerprint density at radius 2 is 2.28 bits per heavy atom. The van der Waals surface area contributed by atoms with E-state index in [4.69, 9.17) is 9.47 Å². The Balaban J connectivity index is 1.80. The second-order valence-electron chi connectivity index (χ2n) is 6.39. The Kier molecular flexibility index (Phi) is 5.38. The maximum absolute atomic E-state index is 12.8. The van der Waals surface area contributed by atoms with Gasteiger partial charge in [-0.2, -0.15) is 5.10 Å². The number of aryl methyl sites for hydroxylation is 1. The molecule has 1 fully saturated rings. The van der Waals surface area contributed by atoms with Crippen LogP contribution in [0.1, 0.15) is 29.4 Å². The first kappa shape index (κ1) is 17.5. The topological polar surface area (TPSA) is 56.6 Å². The molecule has 3 rings (SSSR count). The Labute approximate surface area is 148 Å². The lowest BCUT2D eigenvalue weighted by atomic mass is 10.1. The van der Waals surface area contributed by atoms with E-state index in [-0.39, 0.29) is 5.91 Å². The van der Waals surface area contributed by atoms with Gasteiger partial charge < -0.3 is 14.4 Å². The predicted molar refractivity (Wildman–Crippen MR) is 95.4 cm³/mol. The smallest absolute Gasteiger partial charge is 0.274 e. The molecule has 0 unspecified atom stereocenters. The fourth-order valence-electron chi connectivity index (χ4n) is 3.11. The molecule has 0 N–H and O–H groups in total. The summed E-state index contributed by atoms with van der Waals surface area (Å²) in [5, 5.41) is 4.49. The number of amides is 1. The Morgan fingerprint density at radius 1 is 1.44 bits per heavy atom. The molecule has 1 amide bonds. The number of rotatable bonds is 6. The van der Waals surface area contributed by atoms with Crippen LogP contribution in [0.2, 0.25) is 0 Å². The minimum Gasteiger partial charge on any atom is -0.494 e. The van der Waals surface area contributed by atoms with Gasteiger partial charge in [-0.3, -0.25) is 4.79 Å². The first-order valence-corrected chi connectivity index (χ1v) is 8.70. The average Bonchev–Trinajstić information content (AvgIpc) is 3.30. The van der Waals surface area contributed by atoms with Crippen molar-refractivity contribution in [3.63, 3.8) is 0 Å². The van der Waals surface area contributed by atoms with Crippen molar-refractivity contribution in [2.75, 3.05) is 33.4 Å². The fraction of sp³-hybridized carbons (Fsp3) is 0.474. The Hall–Kier alpha value is -2.34. The van der Waals surface area contributed by atoms with E-state index in [1.165, 1.54) is 0 Å². The molecule has 6 heteroatoms. The minimum atomic E-state index is -0.0419. The van der Waals surface area contributed by atoms with Crippen LogP contribution in [0.5, 0.6) is 5.75 Å². The summed E-state index contributed by atoms with van der Waals surface area (Å²) in [6.45, 7) is 6.91. The van der Waals surface area contributed by atoms with Gasteiger partial charge in [0.1, 0.15) is 11.4 Å². The van der Waals surface area contributed by atoms with Crippen LogP contribution < -0.4 is 4.74 Å². The molecule has 25 heavy (non-hydrogen) atoms. The van der Waals surface area contributed by atoms with E-state index in [1.807, 2.05) is 36.9 Å². The van der Waals surface area contributed by atoms with Crippen molar-refractivity contribution in [3.05, 3.63) is 41.7 Å². The van der Waals surface area contributed by atoms with E-state index in [0.717, 1.165) is 43.2 Å². The first-order valence-electron chi connectivity index (χ1n) is 8.70. The van der Waals surface area contributed by atoms with Gasteiger partial charge in [0, 0.05) is 31.8 Å². The van der Waals surface area contributed by atoms with E-state index in [2.05, 4.69) is 5.10 Å².